The highest BCUT2D eigenvalue weighted by atomic mass is 16.7. The normalized spacial score (nSPS) is 51.2. The van der Waals surface area contributed by atoms with E-state index in [1.54, 1.807) is 0 Å². The molecule has 0 aromatic heterocycles. The van der Waals surface area contributed by atoms with Crippen LogP contribution in [0.25, 0.3) is 0 Å². The fourth-order valence-electron chi connectivity index (χ4n) is 11.4. The second-order valence-electron chi connectivity index (χ2n) is 17.7. The Labute approximate surface area is 312 Å². The summed E-state index contributed by atoms with van der Waals surface area (Å²) in [5.74, 6) is -1.53. The van der Waals surface area contributed by atoms with Gasteiger partial charge in [0, 0.05) is 25.4 Å². The average Bonchev–Trinajstić information content (AvgIpc) is 3.49. The molecule has 0 spiro atoms. The van der Waals surface area contributed by atoms with Crippen LogP contribution in [-0.4, -0.2) is 152 Å². The lowest BCUT2D eigenvalue weighted by Crippen LogP contribution is -2.66. The highest BCUT2D eigenvalue weighted by molar-refractivity contribution is 5.33. The Balaban J connectivity index is 1.17. The Hall–Kier alpha value is -1.08. The molecule has 6 rings (SSSR count). The van der Waals surface area contributed by atoms with E-state index < -0.39 is 103 Å². The lowest BCUT2D eigenvalue weighted by Gasteiger charge is -2.63. The number of rotatable bonds is 11. The van der Waals surface area contributed by atoms with Gasteiger partial charge in [-0.1, -0.05) is 52.8 Å². The zero-order chi connectivity index (χ0) is 38.8. The van der Waals surface area contributed by atoms with Crippen LogP contribution < -0.4 is 0 Å². The van der Waals surface area contributed by atoms with Crippen molar-refractivity contribution in [2.75, 3.05) is 26.9 Å². The first-order chi connectivity index (χ1) is 24.9. The Bertz CT molecular complexity index is 1330. The molecule has 0 amide bonds. The van der Waals surface area contributed by atoms with Gasteiger partial charge in [-0.3, -0.25) is 0 Å². The third-order valence-electron chi connectivity index (χ3n) is 14.3. The molecule has 14 heteroatoms. The zero-order valence-electron chi connectivity index (χ0n) is 31.8. The number of methoxy groups -OCH3 is 1. The van der Waals surface area contributed by atoms with Crippen molar-refractivity contribution < 1.29 is 69.6 Å². The summed E-state index contributed by atoms with van der Waals surface area (Å²) >= 11 is 0. The monoisotopic (exact) mass is 756 g/mol. The molecule has 53 heavy (non-hydrogen) atoms. The maximum atomic E-state index is 12.8. The Morgan fingerprint density at radius 3 is 2.26 bits per heavy atom. The van der Waals surface area contributed by atoms with E-state index in [-0.39, 0.29) is 49.2 Å². The van der Waals surface area contributed by atoms with E-state index in [2.05, 4.69) is 13.8 Å². The predicted octanol–water partition coefficient (Wildman–Crippen LogP) is -0.00890. The summed E-state index contributed by atoms with van der Waals surface area (Å²) in [7, 11) is 1.42. The fourth-order valence-corrected chi connectivity index (χ4v) is 11.4. The largest absolute Gasteiger partial charge is 0.394 e. The highest BCUT2D eigenvalue weighted by Crippen LogP contribution is 2.69. The van der Waals surface area contributed by atoms with Crippen LogP contribution in [0.3, 0.4) is 0 Å². The first-order valence-electron chi connectivity index (χ1n) is 19.5. The standard InChI is InChI=1S/C39H64O14/c1-18(2)20(16-50-35-32(47)29(44)25(15-40)53-35)8-7-19(3)27-30(45)31(46)34-38(27,5)12-10-26-37(4)11-9-21(13-22(37)23(41)14-39(26,34)48)52-36-33(49-6)28(43)24(42)17-51-36/h7-8,13,18-21,23-36,40-48H,9-12,14-17H2,1-6H3/b8-7+/t19-,20-,21+,23-,24-,25+,26-,27+,28+,29+,30-,31+,32-,33-,34-,35-,36+,37+,38-,39+/m1/s1. The Kier molecular flexibility index (Phi) is 12.3. The number of ether oxygens (including phenoxy) is 5. The molecule has 0 unspecified atom stereocenters. The minimum atomic E-state index is -1.45. The number of hydrogen-bond donors (Lipinski definition) is 9. The van der Waals surface area contributed by atoms with Gasteiger partial charge in [0.1, 0.15) is 36.6 Å². The molecule has 304 valence electrons. The van der Waals surface area contributed by atoms with Crippen molar-refractivity contribution in [3.05, 3.63) is 23.8 Å². The maximum absolute atomic E-state index is 12.8. The van der Waals surface area contributed by atoms with Gasteiger partial charge in [0.2, 0.25) is 0 Å². The van der Waals surface area contributed by atoms with Crippen molar-refractivity contribution in [3.63, 3.8) is 0 Å². The lowest BCUT2D eigenvalue weighted by atomic mass is 9.43. The molecule has 5 fully saturated rings. The second kappa shape index (κ2) is 15.7. The van der Waals surface area contributed by atoms with Gasteiger partial charge >= 0.3 is 0 Å². The van der Waals surface area contributed by atoms with Gasteiger partial charge in [0.15, 0.2) is 12.6 Å². The van der Waals surface area contributed by atoms with Crippen LogP contribution in [-0.2, 0) is 23.7 Å². The van der Waals surface area contributed by atoms with Gasteiger partial charge in [-0.25, -0.2) is 0 Å². The number of aliphatic hydroxyl groups excluding tert-OH is 8. The van der Waals surface area contributed by atoms with Gasteiger partial charge in [0.05, 0.1) is 49.8 Å². The topological polar surface area (TPSA) is 228 Å². The summed E-state index contributed by atoms with van der Waals surface area (Å²) in [6, 6.07) is 0. The quantitative estimate of drug-likeness (QED) is 0.127. The first kappa shape index (κ1) is 41.6. The zero-order valence-corrected chi connectivity index (χ0v) is 31.8. The van der Waals surface area contributed by atoms with Crippen molar-refractivity contribution in [2.24, 2.45) is 46.3 Å². The first-order valence-corrected chi connectivity index (χ1v) is 19.5. The molecule has 14 nitrogen and oxygen atoms in total. The molecule has 2 aliphatic heterocycles. The van der Waals surface area contributed by atoms with Crippen LogP contribution in [0.15, 0.2) is 23.8 Å². The van der Waals surface area contributed by atoms with Crippen LogP contribution in [0.4, 0.5) is 0 Å². The van der Waals surface area contributed by atoms with Crippen molar-refractivity contribution in [1.29, 1.82) is 0 Å². The van der Waals surface area contributed by atoms with E-state index in [0.29, 0.717) is 25.7 Å². The van der Waals surface area contributed by atoms with Crippen molar-refractivity contribution >= 4 is 0 Å². The van der Waals surface area contributed by atoms with E-state index in [1.807, 2.05) is 39.0 Å². The number of fused-ring (bicyclic) bond motifs is 5. The SMILES string of the molecule is CO[C@H]1[C@H](O[C@@H]2C=C3[C@H](O)C[C@@]4(O)[C@@H]5[C@@H](O)[C@H](O)[C@H]([C@H](C)/C=C/[C@H](CO[C@@H]6O[C@@H](CO)[C@H](O)[C@H]6O)C(C)C)[C@@]5(C)CC[C@@H]4[C@@]3(C)CC2)OC[C@@H](O)[C@@H]1O. The van der Waals surface area contributed by atoms with Crippen LogP contribution in [0.2, 0.25) is 0 Å². The van der Waals surface area contributed by atoms with Crippen LogP contribution in [0.1, 0.15) is 66.7 Å². The van der Waals surface area contributed by atoms with E-state index in [9.17, 15) is 46.0 Å². The molecule has 3 saturated carbocycles. The minimum Gasteiger partial charge on any atom is -0.394 e. The summed E-state index contributed by atoms with van der Waals surface area (Å²) in [5.41, 5.74) is -1.92. The molecule has 0 aromatic carbocycles. The van der Waals surface area contributed by atoms with E-state index in [1.165, 1.54) is 7.11 Å². The van der Waals surface area contributed by atoms with E-state index in [0.717, 1.165) is 5.57 Å². The Morgan fingerprint density at radius 2 is 1.62 bits per heavy atom. The highest BCUT2D eigenvalue weighted by Gasteiger charge is 2.72. The molecule has 9 N–H and O–H groups in total. The van der Waals surface area contributed by atoms with Crippen LogP contribution >= 0.6 is 0 Å². The molecule has 0 aromatic rings. The second-order valence-corrected chi connectivity index (χ2v) is 17.7. The lowest BCUT2D eigenvalue weighted by molar-refractivity contribution is -0.285. The molecular formula is C39H64O14. The Morgan fingerprint density at radius 1 is 0.906 bits per heavy atom. The third-order valence-corrected chi connectivity index (χ3v) is 14.3. The summed E-state index contributed by atoms with van der Waals surface area (Å²) in [5, 5.41) is 98.4. The van der Waals surface area contributed by atoms with Gasteiger partial charge in [-0.2, -0.15) is 0 Å². The number of aliphatic hydroxyl groups is 9. The molecule has 6 aliphatic rings. The molecule has 0 radical (unpaired) electrons. The number of hydrogen-bond acceptors (Lipinski definition) is 14. The molecule has 4 aliphatic carbocycles. The van der Waals surface area contributed by atoms with Gasteiger partial charge < -0.3 is 69.6 Å². The summed E-state index contributed by atoms with van der Waals surface area (Å²) in [4.78, 5) is 0. The van der Waals surface area contributed by atoms with Crippen LogP contribution in [0, 0.1) is 46.3 Å². The summed E-state index contributed by atoms with van der Waals surface area (Å²) < 4.78 is 28.6. The fraction of sp³-hybridized carbons (Fsp3) is 0.897. The molecule has 0 bridgehead atoms. The average molecular weight is 757 g/mol. The van der Waals surface area contributed by atoms with Gasteiger partial charge in [0.25, 0.3) is 0 Å². The van der Waals surface area contributed by atoms with Crippen molar-refractivity contribution in [1.82, 2.24) is 0 Å². The van der Waals surface area contributed by atoms with Gasteiger partial charge in [-0.15, -0.1) is 0 Å². The molecule has 2 heterocycles. The molecule has 2 saturated heterocycles. The smallest absolute Gasteiger partial charge is 0.187 e. The van der Waals surface area contributed by atoms with E-state index >= 15 is 0 Å². The molecular weight excluding hydrogens is 692 g/mol. The maximum Gasteiger partial charge on any atom is 0.187 e. The van der Waals surface area contributed by atoms with Gasteiger partial charge in [-0.05, 0) is 65.8 Å². The van der Waals surface area contributed by atoms with E-state index in [4.69, 9.17) is 23.7 Å². The third kappa shape index (κ3) is 7.11. The van der Waals surface area contributed by atoms with Crippen molar-refractivity contribution in [2.45, 2.75) is 146 Å². The predicted molar refractivity (Wildman–Crippen MR) is 189 cm³/mol. The van der Waals surface area contributed by atoms with Crippen LogP contribution in [0.5, 0.6) is 0 Å². The minimum absolute atomic E-state index is 0.00596. The summed E-state index contributed by atoms with van der Waals surface area (Å²) in [6.07, 6.45) is -3.95. The molecule has 20 atom stereocenters. The summed E-state index contributed by atoms with van der Waals surface area (Å²) in [6.45, 7) is 9.86. The van der Waals surface area contributed by atoms with Crippen molar-refractivity contribution in [3.8, 4) is 0 Å². The number of allylic oxidation sites excluding steroid dienone is 1.